The summed E-state index contributed by atoms with van der Waals surface area (Å²) in [5.74, 6) is 0. The zero-order valence-electron chi connectivity index (χ0n) is 11.7. The van der Waals surface area contributed by atoms with Gasteiger partial charge in [-0.1, -0.05) is 24.3 Å². The number of hydrogen-bond acceptors (Lipinski definition) is 3. The molecule has 0 unspecified atom stereocenters. The second-order valence-electron chi connectivity index (χ2n) is 5.34. The molecule has 2 aromatic heterocycles. The van der Waals surface area contributed by atoms with Crippen LogP contribution in [0.4, 0.5) is 0 Å². The lowest BCUT2D eigenvalue weighted by Gasteiger charge is -2.13. The first-order valence-corrected chi connectivity index (χ1v) is 8.15. The summed E-state index contributed by atoms with van der Waals surface area (Å²) in [6, 6.07) is 8.69. The van der Waals surface area contributed by atoms with E-state index < -0.39 is 0 Å². The largest absolute Gasteiger partial charge is 0.342 e. The van der Waals surface area contributed by atoms with Gasteiger partial charge in [0.1, 0.15) is 0 Å². The van der Waals surface area contributed by atoms with Crippen LogP contribution in [0.3, 0.4) is 0 Å². The summed E-state index contributed by atoms with van der Waals surface area (Å²) >= 11 is 1.71. The topological polar surface area (TPSA) is 29.9 Å². The Morgan fingerprint density at radius 2 is 2.24 bits per heavy atom. The molecule has 0 saturated carbocycles. The molecule has 0 atom stereocenters. The third-order valence-corrected chi connectivity index (χ3v) is 4.77. The highest BCUT2D eigenvalue weighted by Gasteiger charge is 2.13. The summed E-state index contributed by atoms with van der Waals surface area (Å²) in [6.45, 7) is 2.95. The van der Waals surface area contributed by atoms with Crippen LogP contribution in [0.15, 0.2) is 48.2 Å². The first-order chi connectivity index (χ1) is 10.4. The molecule has 1 N–H and O–H groups in total. The highest BCUT2D eigenvalue weighted by Crippen LogP contribution is 2.30. The van der Waals surface area contributed by atoms with Crippen molar-refractivity contribution in [1.29, 1.82) is 0 Å². The third-order valence-electron chi connectivity index (χ3n) is 4.01. The second kappa shape index (κ2) is 5.47. The number of hydrogen-bond donors (Lipinski definition) is 1. The molecule has 0 saturated heterocycles. The monoisotopic (exact) mass is 295 g/mol. The smallest absolute Gasteiger partial charge is 0.0794 e. The minimum Gasteiger partial charge on any atom is -0.342 e. The van der Waals surface area contributed by atoms with Crippen LogP contribution < -0.4 is 5.32 Å². The van der Waals surface area contributed by atoms with Crippen LogP contribution in [0, 0.1) is 0 Å². The fourth-order valence-corrected chi connectivity index (χ4v) is 3.58. The van der Waals surface area contributed by atoms with Crippen LogP contribution in [0.2, 0.25) is 0 Å². The van der Waals surface area contributed by atoms with E-state index in [1.54, 1.807) is 11.3 Å². The lowest BCUT2D eigenvalue weighted by atomic mass is 10.00. The summed E-state index contributed by atoms with van der Waals surface area (Å²) in [5, 5.41) is 4.74. The molecule has 1 aromatic carbocycles. The van der Waals surface area contributed by atoms with Gasteiger partial charge in [-0.3, -0.25) is 4.98 Å². The number of fused-ring (bicyclic) bond motifs is 1. The van der Waals surface area contributed by atoms with Gasteiger partial charge in [-0.25, -0.2) is 0 Å². The van der Waals surface area contributed by atoms with E-state index in [0.717, 1.165) is 26.1 Å². The molecule has 3 aromatic rings. The van der Waals surface area contributed by atoms with Crippen molar-refractivity contribution >= 4 is 27.8 Å². The maximum Gasteiger partial charge on any atom is 0.0794 e. The number of nitrogens with zero attached hydrogens (tertiary/aromatic N) is 2. The average molecular weight is 295 g/mol. The molecule has 4 rings (SSSR count). The average Bonchev–Trinajstić information content (AvgIpc) is 3.17. The molecule has 3 heterocycles. The van der Waals surface area contributed by atoms with E-state index in [-0.39, 0.29) is 0 Å². The summed E-state index contributed by atoms with van der Waals surface area (Å²) in [4.78, 5) is 5.47. The Labute approximate surface area is 127 Å². The van der Waals surface area contributed by atoms with Crippen molar-refractivity contribution in [3.8, 4) is 0 Å². The molecule has 0 bridgehead atoms. The van der Waals surface area contributed by atoms with Gasteiger partial charge in [-0.15, -0.1) is 11.3 Å². The Hall–Kier alpha value is -1.91. The Kier molecular flexibility index (Phi) is 3.33. The number of rotatable bonds is 3. The van der Waals surface area contributed by atoms with E-state index in [1.165, 1.54) is 26.9 Å². The Morgan fingerprint density at radius 1 is 1.29 bits per heavy atom. The van der Waals surface area contributed by atoms with Gasteiger partial charge in [-0.2, -0.15) is 0 Å². The highest BCUT2D eigenvalue weighted by molar-refractivity contribution is 7.09. The van der Waals surface area contributed by atoms with Crippen LogP contribution in [-0.2, 0) is 6.54 Å². The van der Waals surface area contributed by atoms with E-state index in [9.17, 15) is 0 Å². The van der Waals surface area contributed by atoms with E-state index in [2.05, 4.69) is 51.4 Å². The van der Waals surface area contributed by atoms with E-state index >= 15 is 0 Å². The maximum atomic E-state index is 4.18. The predicted octanol–water partition coefficient (Wildman–Crippen LogP) is 3.52. The zero-order chi connectivity index (χ0) is 14.1. The van der Waals surface area contributed by atoms with Gasteiger partial charge in [-0.05, 0) is 24.6 Å². The van der Waals surface area contributed by atoms with Crippen molar-refractivity contribution < 1.29 is 0 Å². The quantitative estimate of drug-likeness (QED) is 0.801. The van der Waals surface area contributed by atoms with Gasteiger partial charge in [0.2, 0.25) is 0 Å². The molecule has 21 heavy (non-hydrogen) atoms. The fraction of sp³-hybridized carbons (Fsp3) is 0.235. The SMILES string of the molecule is C1=C(c2cn(Cc3cncs3)c3ccccc23)CCNC1. The molecule has 4 heteroatoms. The minimum atomic E-state index is 0.900. The Bertz CT molecular complexity index is 784. The maximum absolute atomic E-state index is 4.18. The summed E-state index contributed by atoms with van der Waals surface area (Å²) in [6.07, 6.45) is 7.70. The first kappa shape index (κ1) is 12.8. The minimum absolute atomic E-state index is 0.900. The van der Waals surface area contributed by atoms with Crippen molar-refractivity contribution in [2.24, 2.45) is 0 Å². The molecule has 1 aliphatic rings. The van der Waals surface area contributed by atoms with Crippen LogP contribution >= 0.6 is 11.3 Å². The summed E-state index contributed by atoms with van der Waals surface area (Å²) < 4.78 is 2.35. The Morgan fingerprint density at radius 3 is 3.05 bits per heavy atom. The summed E-state index contributed by atoms with van der Waals surface area (Å²) in [7, 11) is 0. The van der Waals surface area contributed by atoms with Gasteiger partial charge in [0.15, 0.2) is 0 Å². The van der Waals surface area contributed by atoms with Crippen molar-refractivity contribution in [2.75, 3.05) is 13.1 Å². The third kappa shape index (κ3) is 2.41. The summed E-state index contributed by atoms with van der Waals surface area (Å²) in [5.41, 5.74) is 6.06. The fourth-order valence-electron chi connectivity index (χ4n) is 2.99. The number of nitrogens with one attached hydrogen (secondary N) is 1. The number of benzene rings is 1. The van der Waals surface area contributed by atoms with Gasteiger partial charge >= 0.3 is 0 Å². The van der Waals surface area contributed by atoms with Crippen LogP contribution in [-0.4, -0.2) is 22.6 Å². The highest BCUT2D eigenvalue weighted by atomic mass is 32.1. The molecule has 3 nitrogen and oxygen atoms in total. The normalized spacial score (nSPS) is 15.3. The molecule has 0 aliphatic carbocycles. The van der Waals surface area contributed by atoms with Crippen molar-refractivity contribution in [3.05, 3.63) is 58.7 Å². The van der Waals surface area contributed by atoms with Crippen molar-refractivity contribution in [3.63, 3.8) is 0 Å². The number of thiazole rings is 1. The molecule has 0 fully saturated rings. The standard InChI is InChI=1S/C17H17N3S/c1-2-4-17-15(3-1)16(13-5-7-18-8-6-13)11-20(17)10-14-9-19-12-21-14/h1-5,9,11-12,18H,6-8,10H2. The Balaban J connectivity index is 1.82. The predicted molar refractivity (Wildman–Crippen MR) is 88.6 cm³/mol. The van der Waals surface area contributed by atoms with Crippen LogP contribution in [0.25, 0.3) is 16.5 Å². The van der Waals surface area contributed by atoms with Gasteiger partial charge in [0.05, 0.1) is 12.1 Å². The molecular formula is C17H17N3S. The zero-order valence-corrected chi connectivity index (χ0v) is 12.6. The lowest BCUT2D eigenvalue weighted by Crippen LogP contribution is -2.19. The van der Waals surface area contributed by atoms with E-state index in [4.69, 9.17) is 0 Å². The molecular weight excluding hydrogens is 278 g/mol. The van der Waals surface area contributed by atoms with E-state index in [0.29, 0.717) is 0 Å². The van der Waals surface area contributed by atoms with Crippen molar-refractivity contribution in [1.82, 2.24) is 14.9 Å². The molecule has 0 radical (unpaired) electrons. The lowest BCUT2D eigenvalue weighted by molar-refractivity contribution is 0.738. The first-order valence-electron chi connectivity index (χ1n) is 7.27. The van der Waals surface area contributed by atoms with Crippen LogP contribution in [0.1, 0.15) is 16.9 Å². The molecule has 0 spiro atoms. The molecule has 0 amide bonds. The number of para-hydroxylation sites is 1. The molecule has 106 valence electrons. The molecule has 1 aliphatic heterocycles. The van der Waals surface area contributed by atoms with Crippen molar-refractivity contribution in [2.45, 2.75) is 13.0 Å². The van der Waals surface area contributed by atoms with E-state index in [1.807, 2.05) is 11.7 Å². The van der Waals surface area contributed by atoms with Gasteiger partial charge in [0, 0.05) is 40.3 Å². The second-order valence-corrected chi connectivity index (χ2v) is 6.31. The van der Waals surface area contributed by atoms with Gasteiger partial charge in [0.25, 0.3) is 0 Å². The van der Waals surface area contributed by atoms with Gasteiger partial charge < -0.3 is 9.88 Å². The van der Waals surface area contributed by atoms with Crippen LogP contribution in [0.5, 0.6) is 0 Å². The number of aromatic nitrogens is 2.